The predicted molar refractivity (Wildman–Crippen MR) is 222 cm³/mol. The van der Waals surface area contributed by atoms with Crippen molar-refractivity contribution in [2.45, 2.75) is 124 Å². The molecule has 0 aromatic heterocycles. The summed E-state index contributed by atoms with van der Waals surface area (Å²) in [6.07, 6.45) is 9.56. The molecule has 0 unspecified atom stereocenters. The van der Waals surface area contributed by atoms with Crippen LogP contribution < -0.4 is 0 Å². The Balaban J connectivity index is 0.000000179. The fourth-order valence-electron chi connectivity index (χ4n) is 6.69. The molecule has 0 radical (unpaired) electrons. The third kappa shape index (κ3) is 15.2. The lowest BCUT2D eigenvalue weighted by Crippen LogP contribution is -2.64. The number of rotatable bonds is 3. The molecule has 2 aliphatic heterocycles. The summed E-state index contributed by atoms with van der Waals surface area (Å²) >= 11 is 0. The van der Waals surface area contributed by atoms with Gasteiger partial charge in [0.15, 0.2) is 0 Å². The lowest BCUT2D eigenvalue weighted by atomic mass is 9.87. The highest BCUT2D eigenvalue weighted by atomic mass is 28.5. The van der Waals surface area contributed by atoms with Gasteiger partial charge in [-0.15, -0.1) is 0 Å². The molecule has 4 aliphatic rings. The summed E-state index contributed by atoms with van der Waals surface area (Å²) < 4.78 is 47.3. The summed E-state index contributed by atoms with van der Waals surface area (Å²) in [5.41, 5.74) is 8.97. The van der Waals surface area contributed by atoms with Crippen molar-refractivity contribution in [1.82, 2.24) is 0 Å². The summed E-state index contributed by atoms with van der Waals surface area (Å²) in [4.78, 5) is 0. The van der Waals surface area contributed by atoms with Crippen LogP contribution in [0.2, 0.25) is 78.6 Å². The van der Waals surface area contributed by atoms with E-state index in [-0.39, 0.29) is 0 Å². The standard InChI is InChI=1S/C11H14.C10H10.C8H24O4Si4.C4H16O4Si4/c1-2-3-9-4-5-10-6-7-11(10)8-9;1-2-8-3-4-9-5-6-10(9)7-8;1-13(2)9-14(3,4)11-16(7,8)12-15(5,6)10-13;1-9-5-10(2)7-12(4)8-11(3)6-9/h4-5,8H,2-3,6-7H2,1H3;2-4,7H,1,5-6H2;1-8H3;9-12H,1-4H3. The van der Waals surface area contributed by atoms with Gasteiger partial charge >= 0.3 is 34.2 Å². The highest BCUT2D eigenvalue weighted by molar-refractivity contribution is 6.92. The largest absolute Gasteiger partial charge is 0.420 e. The molecule has 6 rings (SSSR count). The highest BCUT2D eigenvalue weighted by Gasteiger charge is 2.50. The first-order valence-electron chi connectivity index (χ1n) is 18.0. The van der Waals surface area contributed by atoms with Crippen LogP contribution in [0.15, 0.2) is 43.0 Å². The summed E-state index contributed by atoms with van der Waals surface area (Å²) in [5.74, 6) is 0. The fourth-order valence-corrected chi connectivity index (χ4v) is 39.8. The molecule has 49 heavy (non-hydrogen) atoms. The van der Waals surface area contributed by atoms with Gasteiger partial charge in [-0.25, -0.2) is 0 Å². The average molecular weight is 814 g/mol. The molecule has 0 amide bonds. The Morgan fingerprint density at radius 1 is 0.551 bits per heavy atom. The van der Waals surface area contributed by atoms with Gasteiger partial charge in [0.05, 0.1) is 0 Å². The molecule has 0 N–H and O–H groups in total. The van der Waals surface area contributed by atoms with E-state index in [0.29, 0.717) is 0 Å². The lowest BCUT2D eigenvalue weighted by molar-refractivity contribution is 0.238. The highest BCUT2D eigenvalue weighted by Crippen LogP contribution is 2.30. The van der Waals surface area contributed by atoms with E-state index >= 15 is 0 Å². The molecular weight excluding hydrogens is 749 g/mol. The zero-order chi connectivity index (χ0) is 36.6. The first-order valence-corrected chi connectivity index (χ1v) is 37.6. The van der Waals surface area contributed by atoms with E-state index in [9.17, 15) is 0 Å². The van der Waals surface area contributed by atoms with Crippen LogP contribution in [0.4, 0.5) is 0 Å². The SMILES string of the molecule is C=Cc1ccc2c(c1)CC2.CCCc1ccc2c(c1)CC2.C[SiH]1O[SiH](C)O[SiH](C)O[SiH](C)O1.C[Si]1(C)O[Si](C)(C)O[Si](C)(C)O[Si](C)(C)O1. The van der Waals surface area contributed by atoms with Gasteiger partial charge in [-0.2, -0.15) is 0 Å². The first-order chi connectivity index (χ1) is 22.7. The molecule has 16 heteroatoms. The molecule has 0 bridgehead atoms. The number of aryl methyl sites for hydroxylation is 5. The van der Waals surface area contributed by atoms with Crippen LogP contribution in [0.25, 0.3) is 6.08 Å². The number of benzene rings is 2. The van der Waals surface area contributed by atoms with Gasteiger partial charge in [-0.3, -0.25) is 0 Å². The Bertz CT molecular complexity index is 1260. The summed E-state index contributed by atoms with van der Waals surface area (Å²) in [5, 5.41) is 0. The summed E-state index contributed by atoms with van der Waals surface area (Å²) in [6.45, 7) is 30.7. The second kappa shape index (κ2) is 18.6. The summed E-state index contributed by atoms with van der Waals surface area (Å²) in [6, 6.07) is 13.5. The normalized spacial score (nSPS) is 27.2. The van der Waals surface area contributed by atoms with Crippen LogP contribution in [0, 0.1) is 0 Å². The molecule has 0 atom stereocenters. The average Bonchev–Trinajstić information content (AvgIpc) is 2.88. The van der Waals surface area contributed by atoms with Gasteiger partial charge in [0.25, 0.3) is 37.1 Å². The van der Waals surface area contributed by atoms with Gasteiger partial charge in [0.1, 0.15) is 0 Å². The van der Waals surface area contributed by atoms with Crippen LogP contribution >= 0.6 is 0 Å². The Morgan fingerprint density at radius 2 is 0.898 bits per heavy atom. The Kier molecular flexibility index (Phi) is 16.3. The molecule has 2 fully saturated rings. The molecular formula is C33H64O8Si8. The second-order valence-corrected chi connectivity index (χ2v) is 38.3. The maximum atomic E-state index is 6.16. The third-order valence-corrected chi connectivity index (χ3v) is 36.1. The number of fused-ring (bicyclic) bond motifs is 2. The second-order valence-electron chi connectivity index (χ2n) is 14.9. The van der Waals surface area contributed by atoms with Gasteiger partial charge < -0.3 is 32.9 Å². The van der Waals surface area contributed by atoms with Crippen molar-refractivity contribution < 1.29 is 32.9 Å². The van der Waals surface area contributed by atoms with E-state index in [1.807, 2.05) is 32.3 Å². The minimum Gasteiger partial charge on any atom is -0.420 e. The molecule has 2 saturated heterocycles. The number of hydrogen-bond donors (Lipinski definition) is 0. The van der Waals surface area contributed by atoms with E-state index in [4.69, 9.17) is 32.9 Å². The minimum absolute atomic E-state index is 1.24. The smallest absolute Gasteiger partial charge is 0.314 e. The van der Waals surface area contributed by atoms with E-state index in [2.05, 4.69) is 102 Å². The van der Waals surface area contributed by atoms with Crippen LogP contribution in [-0.4, -0.2) is 71.4 Å². The van der Waals surface area contributed by atoms with Crippen molar-refractivity contribution in [3.05, 3.63) is 76.4 Å². The summed E-state index contributed by atoms with van der Waals surface area (Å²) in [7, 11) is -14.1. The maximum Gasteiger partial charge on any atom is 0.314 e. The van der Waals surface area contributed by atoms with Crippen molar-refractivity contribution in [2.24, 2.45) is 0 Å². The molecule has 0 spiro atoms. The molecule has 8 nitrogen and oxygen atoms in total. The predicted octanol–water partition coefficient (Wildman–Crippen LogP) is 7.51. The van der Waals surface area contributed by atoms with Gasteiger partial charge in [-0.1, -0.05) is 62.4 Å². The van der Waals surface area contributed by atoms with Crippen LogP contribution in [0.3, 0.4) is 0 Å². The minimum atomic E-state index is -2.11. The Hall–Kier alpha value is -0.405. The lowest BCUT2D eigenvalue weighted by Gasteiger charge is -2.46. The molecule has 276 valence electrons. The topological polar surface area (TPSA) is 73.8 Å². The van der Waals surface area contributed by atoms with Crippen molar-refractivity contribution in [3.8, 4) is 0 Å². The maximum absolute atomic E-state index is 6.16. The zero-order valence-corrected chi connectivity index (χ0v) is 41.2. The molecule has 2 aromatic rings. The van der Waals surface area contributed by atoms with Crippen molar-refractivity contribution >= 4 is 77.5 Å². The zero-order valence-electron chi connectivity index (χ0n) is 32.6. The van der Waals surface area contributed by atoms with Crippen molar-refractivity contribution in [2.75, 3.05) is 0 Å². The van der Waals surface area contributed by atoms with Gasteiger partial charge in [-0.05, 0) is 144 Å². The quantitative estimate of drug-likeness (QED) is 0.295. The molecule has 0 saturated carbocycles. The van der Waals surface area contributed by atoms with Crippen LogP contribution in [0.5, 0.6) is 0 Å². The van der Waals surface area contributed by atoms with Crippen molar-refractivity contribution in [1.29, 1.82) is 0 Å². The Labute approximate surface area is 309 Å². The van der Waals surface area contributed by atoms with E-state index < -0.39 is 71.4 Å². The van der Waals surface area contributed by atoms with Crippen molar-refractivity contribution in [3.63, 3.8) is 0 Å². The first kappa shape index (κ1) is 43.0. The van der Waals surface area contributed by atoms with Crippen LogP contribution in [0.1, 0.15) is 46.7 Å². The monoisotopic (exact) mass is 812 g/mol. The van der Waals surface area contributed by atoms with Gasteiger partial charge in [0, 0.05) is 0 Å². The number of hydrogen-bond acceptors (Lipinski definition) is 8. The Morgan fingerprint density at radius 3 is 1.18 bits per heavy atom. The third-order valence-electron chi connectivity index (χ3n) is 8.10. The molecule has 2 aliphatic carbocycles. The van der Waals surface area contributed by atoms with E-state index in [1.54, 1.807) is 11.1 Å². The van der Waals surface area contributed by atoms with E-state index in [0.717, 1.165) is 0 Å². The van der Waals surface area contributed by atoms with E-state index in [1.165, 1.54) is 60.8 Å². The molecule has 2 aromatic carbocycles. The fraction of sp³-hybridized carbons (Fsp3) is 0.576. The van der Waals surface area contributed by atoms with Crippen LogP contribution in [-0.2, 0) is 65.0 Å². The molecule has 2 heterocycles. The van der Waals surface area contributed by atoms with Gasteiger partial charge in [0.2, 0.25) is 0 Å².